The maximum atomic E-state index is 10.8. The lowest BCUT2D eigenvalue weighted by molar-refractivity contribution is -0.384. The molecule has 0 atom stereocenters. The molecular formula is C12H8N4O2. The maximum absolute atomic E-state index is 10.8. The molecule has 0 bridgehead atoms. The topological polar surface area (TPSA) is 91.8 Å². The molecule has 0 aliphatic rings. The van der Waals surface area contributed by atoms with Gasteiger partial charge in [-0.2, -0.15) is 5.26 Å². The Morgan fingerprint density at radius 3 is 2.89 bits per heavy atom. The van der Waals surface area contributed by atoms with Crippen LogP contribution in [0.4, 0.5) is 17.2 Å². The lowest BCUT2D eigenvalue weighted by Gasteiger charge is -2.05. The van der Waals surface area contributed by atoms with Crippen LogP contribution in [0.1, 0.15) is 5.56 Å². The third-order valence-electron chi connectivity index (χ3n) is 2.24. The van der Waals surface area contributed by atoms with Crippen LogP contribution in [0.25, 0.3) is 0 Å². The van der Waals surface area contributed by atoms with Gasteiger partial charge in [-0.3, -0.25) is 10.1 Å². The van der Waals surface area contributed by atoms with E-state index < -0.39 is 4.92 Å². The monoisotopic (exact) mass is 240 g/mol. The number of hydrogen-bond acceptors (Lipinski definition) is 5. The second kappa shape index (κ2) is 4.93. The van der Waals surface area contributed by atoms with Crippen molar-refractivity contribution in [3.63, 3.8) is 0 Å². The summed E-state index contributed by atoms with van der Waals surface area (Å²) < 4.78 is 0. The SMILES string of the molecule is N#Cc1cccc(Nc2ncccc2[N+](=O)[O-])c1. The van der Waals surface area contributed by atoms with E-state index in [1.807, 2.05) is 6.07 Å². The molecule has 18 heavy (non-hydrogen) atoms. The highest BCUT2D eigenvalue weighted by Gasteiger charge is 2.13. The number of benzene rings is 1. The summed E-state index contributed by atoms with van der Waals surface area (Å²) in [5.41, 5.74) is 0.939. The van der Waals surface area contributed by atoms with Crippen LogP contribution in [-0.4, -0.2) is 9.91 Å². The van der Waals surface area contributed by atoms with E-state index in [1.54, 1.807) is 24.3 Å². The van der Waals surface area contributed by atoms with Gasteiger partial charge in [0.15, 0.2) is 0 Å². The van der Waals surface area contributed by atoms with Crippen molar-refractivity contribution < 1.29 is 4.92 Å². The largest absolute Gasteiger partial charge is 0.334 e. The highest BCUT2D eigenvalue weighted by atomic mass is 16.6. The van der Waals surface area contributed by atoms with E-state index in [9.17, 15) is 10.1 Å². The number of pyridine rings is 1. The van der Waals surface area contributed by atoms with Crippen LogP contribution in [-0.2, 0) is 0 Å². The average Bonchev–Trinajstić information content (AvgIpc) is 2.39. The molecule has 0 aliphatic carbocycles. The van der Waals surface area contributed by atoms with Gasteiger partial charge in [0.1, 0.15) is 0 Å². The van der Waals surface area contributed by atoms with Crippen molar-refractivity contribution in [3.8, 4) is 6.07 Å². The molecule has 0 saturated carbocycles. The first kappa shape index (κ1) is 11.5. The third-order valence-corrected chi connectivity index (χ3v) is 2.24. The van der Waals surface area contributed by atoms with Crippen molar-refractivity contribution in [2.24, 2.45) is 0 Å². The second-order valence-electron chi connectivity index (χ2n) is 3.45. The normalized spacial score (nSPS) is 9.50. The average molecular weight is 240 g/mol. The van der Waals surface area contributed by atoms with Crippen molar-refractivity contribution >= 4 is 17.2 Å². The summed E-state index contributed by atoms with van der Waals surface area (Å²) in [6, 6.07) is 11.5. The Morgan fingerprint density at radius 1 is 1.33 bits per heavy atom. The van der Waals surface area contributed by atoms with Crippen LogP contribution < -0.4 is 5.32 Å². The first-order valence-corrected chi connectivity index (χ1v) is 5.07. The fraction of sp³-hybridized carbons (Fsp3) is 0. The summed E-state index contributed by atoms with van der Waals surface area (Å²) in [5.74, 6) is 0.151. The number of nitrogens with zero attached hydrogens (tertiary/aromatic N) is 3. The molecule has 1 aromatic heterocycles. The van der Waals surface area contributed by atoms with Gasteiger partial charge in [-0.05, 0) is 24.3 Å². The van der Waals surface area contributed by atoms with Crippen LogP contribution in [0.3, 0.4) is 0 Å². The Balaban J connectivity index is 2.34. The highest BCUT2D eigenvalue weighted by molar-refractivity contribution is 5.66. The van der Waals surface area contributed by atoms with Gasteiger partial charge in [-0.1, -0.05) is 6.07 Å². The molecule has 0 radical (unpaired) electrons. The number of nitriles is 1. The molecule has 0 amide bonds. The zero-order valence-electron chi connectivity index (χ0n) is 9.20. The van der Waals surface area contributed by atoms with E-state index in [-0.39, 0.29) is 11.5 Å². The summed E-state index contributed by atoms with van der Waals surface area (Å²) in [6.45, 7) is 0. The van der Waals surface area contributed by atoms with Crippen molar-refractivity contribution in [3.05, 3.63) is 58.3 Å². The molecule has 0 aliphatic heterocycles. The van der Waals surface area contributed by atoms with Crippen molar-refractivity contribution in [1.82, 2.24) is 4.98 Å². The molecule has 1 aromatic carbocycles. The van der Waals surface area contributed by atoms with Gasteiger partial charge < -0.3 is 5.32 Å². The van der Waals surface area contributed by atoms with E-state index in [0.29, 0.717) is 11.3 Å². The molecule has 2 aromatic rings. The summed E-state index contributed by atoms with van der Waals surface area (Å²) in [6.07, 6.45) is 1.46. The quantitative estimate of drug-likeness (QED) is 0.657. The fourth-order valence-corrected chi connectivity index (χ4v) is 1.44. The highest BCUT2D eigenvalue weighted by Crippen LogP contribution is 2.24. The number of aromatic nitrogens is 1. The van der Waals surface area contributed by atoms with E-state index in [1.165, 1.54) is 18.3 Å². The second-order valence-corrected chi connectivity index (χ2v) is 3.45. The Hall–Kier alpha value is -2.94. The zero-order valence-corrected chi connectivity index (χ0v) is 9.20. The lowest BCUT2D eigenvalue weighted by atomic mass is 10.2. The zero-order chi connectivity index (χ0) is 13.0. The predicted molar refractivity (Wildman–Crippen MR) is 65.3 cm³/mol. The molecule has 1 heterocycles. The minimum Gasteiger partial charge on any atom is -0.334 e. The van der Waals surface area contributed by atoms with Gasteiger partial charge in [0.25, 0.3) is 0 Å². The van der Waals surface area contributed by atoms with Crippen LogP contribution in [0, 0.1) is 21.4 Å². The molecule has 0 unspecified atom stereocenters. The maximum Gasteiger partial charge on any atom is 0.311 e. The molecule has 2 rings (SSSR count). The summed E-state index contributed by atoms with van der Waals surface area (Å²) >= 11 is 0. The molecule has 6 heteroatoms. The van der Waals surface area contributed by atoms with Gasteiger partial charge in [0.2, 0.25) is 5.82 Å². The van der Waals surface area contributed by atoms with Crippen LogP contribution in [0.5, 0.6) is 0 Å². The van der Waals surface area contributed by atoms with E-state index in [2.05, 4.69) is 10.3 Å². The Labute approximate surface area is 103 Å². The fourth-order valence-electron chi connectivity index (χ4n) is 1.44. The summed E-state index contributed by atoms with van der Waals surface area (Å²) in [4.78, 5) is 14.2. The Bertz CT molecular complexity index is 634. The molecule has 6 nitrogen and oxygen atoms in total. The smallest absolute Gasteiger partial charge is 0.311 e. The van der Waals surface area contributed by atoms with E-state index in [0.717, 1.165) is 0 Å². The minimum absolute atomic E-state index is 0.111. The number of nitro groups is 1. The Morgan fingerprint density at radius 2 is 2.17 bits per heavy atom. The first-order chi connectivity index (χ1) is 8.70. The van der Waals surface area contributed by atoms with Gasteiger partial charge in [0, 0.05) is 18.0 Å². The first-order valence-electron chi connectivity index (χ1n) is 5.07. The van der Waals surface area contributed by atoms with Crippen molar-refractivity contribution in [2.75, 3.05) is 5.32 Å². The third kappa shape index (κ3) is 2.41. The standard InChI is InChI=1S/C12H8N4O2/c13-8-9-3-1-4-10(7-9)15-12-11(16(17)18)5-2-6-14-12/h1-7H,(H,14,15). The molecule has 88 valence electrons. The Kier molecular flexibility index (Phi) is 3.16. The van der Waals surface area contributed by atoms with E-state index >= 15 is 0 Å². The van der Waals surface area contributed by atoms with Gasteiger partial charge >= 0.3 is 5.69 Å². The molecule has 0 saturated heterocycles. The predicted octanol–water partition coefficient (Wildman–Crippen LogP) is 2.61. The number of rotatable bonds is 3. The molecule has 1 N–H and O–H groups in total. The van der Waals surface area contributed by atoms with Crippen molar-refractivity contribution in [1.29, 1.82) is 5.26 Å². The summed E-state index contributed by atoms with van der Waals surface area (Å²) in [5, 5.41) is 22.4. The van der Waals surface area contributed by atoms with Gasteiger partial charge in [-0.15, -0.1) is 0 Å². The number of anilines is 2. The molecular weight excluding hydrogens is 232 g/mol. The number of nitrogens with one attached hydrogen (secondary N) is 1. The van der Waals surface area contributed by atoms with Gasteiger partial charge in [0.05, 0.1) is 16.6 Å². The molecule has 0 fully saturated rings. The molecule has 0 spiro atoms. The van der Waals surface area contributed by atoms with Crippen molar-refractivity contribution in [2.45, 2.75) is 0 Å². The van der Waals surface area contributed by atoms with E-state index in [4.69, 9.17) is 5.26 Å². The lowest BCUT2D eigenvalue weighted by Crippen LogP contribution is -1.99. The minimum atomic E-state index is -0.510. The van der Waals surface area contributed by atoms with Crippen LogP contribution in [0.15, 0.2) is 42.6 Å². The van der Waals surface area contributed by atoms with Crippen LogP contribution >= 0.6 is 0 Å². The van der Waals surface area contributed by atoms with Crippen LogP contribution in [0.2, 0.25) is 0 Å². The number of hydrogen-bond donors (Lipinski definition) is 1. The summed E-state index contributed by atoms with van der Waals surface area (Å²) in [7, 11) is 0. The van der Waals surface area contributed by atoms with Gasteiger partial charge in [-0.25, -0.2) is 4.98 Å².